The first kappa shape index (κ1) is 9.93. The Labute approximate surface area is 84.4 Å². The molecule has 0 spiro atoms. The van der Waals surface area contributed by atoms with Crippen LogP contribution in [0.25, 0.3) is 0 Å². The number of amides is 1. The highest BCUT2D eigenvalue weighted by molar-refractivity contribution is 5.81. The van der Waals surface area contributed by atoms with Crippen LogP contribution in [-0.4, -0.2) is 38.3 Å². The van der Waals surface area contributed by atoms with Crippen molar-refractivity contribution in [1.29, 1.82) is 0 Å². The fourth-order valence-electron chi connectivity index (χ4n) is 1.66. The van der Waals surface area contributed by atoms with Gasteiger partial charge in [-0.3, -0.25) is 4.79 Å². The normalized spacial score (nSPS) is 27.3. The second-order valence-electron chi connectivity index (χ2n) is 4.10. The summed E-state index contributed by atoms with van der Waals surface area (Å²) in [4.78, 5) is 11.5. The van der Waals surface area contributed by atoms with E-state index in [1.165, 1.54) is 12.8 Å². The van der Waals surface area contributed by atoms with Gasteiger partial charge in [0.2, 0.25) is 5.91 Å². The molecule has 1 atom stereocenters. The lowest BCUT2D eigenvalue weighted by molar-refractivity contribution is -0.125. The number of hydrogen-bond donors (Lipinski definition) is 2. The molecule has 2 rings (SSSR count). The monoisotopic (exact) mass is 198 g/mol. The van der Waals surface area contributed by atoms with E-state index in [0.29, 0.717) is 13.2 Å². The summed E-state index contributed by atoms with van der Waals surface area (Å²) in [6, 6.07) is -0.136. The Morgan fingerprint density at radius 2 is 2.36 bits per heavy atom. The molecule has 2 aliphatic rings. The maximum absolute atomic E-state index is 11.5. The molecule has 2 fully saturated rings. The lowest BCUT2D eigenvalue weighted by atomic mass is 10.2. The van der Waals surface area contributed by atoms with Gasteiger partial charge in [-0.25, -0.2) is 0 Å². The van der Waals surface area contributed by atoms with E-state index >= 15 is 0 Å². The Balaban J connectivity index is 1.60. The molecular formula is C10H18N2O2. The summed E-state index contributed by atoms with van der Waals surface area (Å²) in [6.07, 6.45) is 3.83. The Morgan fingerprint density at radius 1 is 1.50 bits per heavy atom. The standard InChI is InChI=1S/C10H18N2O2/c13-10(9-7-14-6-5-11-9)12-4-3-8-1-2-8/h8-9,11H,1-7H2,(H,12,13). The third kappa shape index (κ3) is 2.96. The molecule has 1 unspecified atom stereocenters. The first-order valence-corrected chi connectivity index (χ1v) is 5.45. The Hall–Kier alpha value is -0.610. The van der Waals surface area contributed by atoms with E-state index in [4.69, 9.17) is 4.74 Å². The van der Waals surface area contributed by atoms with Crippen molar-refractivity contribution in [2.24, 2.45) is 5.92 Å². The molecule has 2 N–H and O–H groups in total. The van der Waals surface area contributed by atoms with E-state index in [1.807, 2.05) is 0 Å². The summed E-state index contributed by atoms with van der Waals surface area (Å²) in [5.41, 5.74) is 0. The van der Waals surface area contributed by atoms with Gasteiger partial charge in [0.25, 0.3) is 0 Å². The van der Waals surface area contributed by atoms with Crippen LogP contribution in [0.1, 0.15) is 19.3 Å². The highest BCUT2D eigenvalue weighted by Crippen LogP contribution is 2.31. The Bertz CT molecular complexity index is 198. The van der Waals surface area contributed by atoms with E-state index in [-0.39, 0.29) is 11.9 Å². The van der Waals surface area contributed by atoms with Gasteiger partial charge in [0.05, 0.1) is 13.2 Å². The molecule has 0 aromatic rings. The highest BCUT2D eigenvalue weighted by Gasteiger charge is 2.23. The molecule has 0 bridgehead atoms. The van der Waals surface area contributed by atoms with Crippen molar-refractivity contribution in [2.75, 3.05) is 26.3 Å². The molecule has 0 aromatic heterocycles. The number of carbonyl (C=O) groups excluding carboxylic acids is 1. The minimum Gasteiger partial charge on any atom is -0.378 e. The fourth-order valence-corrected chi connectivity index (χ4v) is 1.66. The van der Waals surface area contributed by atoms with Gasteiger partial charge in [-0.15, -0.1) is 0 Å². The van der Waals surface area contributed by atoms with E-state index in [9.17, 15) is 4.79 Å². The summed E-state index contributed by atoms with van der Waals surface area (Å²) in [5, 5.41) is 6.08. The smallest absolute Gasteiger partial charge is 0.239 e. The van der Waals surface area contributed by atoms with Crippen molar-refractivity contribution < 1.29 is 9.53 Å². The largest absolute Gasteiger partial charge is 0.378 e. The third-order valence-corrected chi connectivity index (χ3v) is 2.79. The van der Waals surface area contributed by atoms with Crippen LogP contribution in [0.5, 0.6) is 0 Å². The molecule has 1 heterocycles. The SMILES string of the molecule is O=C(NCCC1CC1)C1COCCN1. The summed E-state index contributed by atoms with van der Waals surface area (Å²) in [6.45, 7) is 2.82. The molecule has 1 amide bonds. The summed E-state index contributed by atoms with van der Waals surface area (Å²) < 4.78 is 5.22. The molecule has 1 saturated carbocycles. The average Bonchev–Trinajstić information content (AvgIpc) is 3.03. The quantitative estimate of drug-likeness (QED) is 0.663. The van der Waals surface area contributed by atoms with Gasteiger partial charge in [-0.2, -0.15) is 0 Å². The molecule has 80 valence electrons. The first-order chi connectivity index (χ1) is 6.86. The van der Waals surface area contributed by atoms with Crippen LogP contribution in [0, 0.1) is 5.92 Å². The minimum absolute atomic E-state index is 0.0883. The Kier molecular flexibility index (Phi) is 3.37. The van der Waals surface area contributed by atoms with Crippen LogP contribution in [0.2, 0.25) is 0 Å². The van der Waals surface area contributed by atoms with Crippen molar-refractivity contribution in [1.82, 2.24) is 10.6 Å². The topological polar surface area (TPSA) is 50.4 Å². The second kappa shape index (κ2) is 4.75. The van der Waals surface area contributed by atoms with Crippen molar-refractivity contribution in [2.45, 2.75) is 25.3 Å². The van der Waals surface area contributed by atoms with Gasteiger partial charge < -0.3 is 15.4 Å². The minimum atomic E-state index is -0.136. The van der Waals surface area contributed by atoms with Gasteiger partial charge in [-0.1, -0.05) is 12.8 Å². The molecule has 4 heteroatoms. The van der Waals surface area contributed by atoms with Crippen LogP contribution in [0.4, 0.5) is 0 Å². The molecule has 0 radical (unpaired) electrons. The zero-order chi connectivity index (χ0) is 9.80. The maximum atomic E-state index is 11.5. The number of nitrogens with one attached hydrogen (secondary N) is 2. The van der Waals surface area contributed by atoms with Gasteiger partial charge >= 0.3 is 0 Å². The number of hydrogen-bond acceptors (Lipinski definition) is 3. The maximum Gasteiger partial charge on any atom is 0.239 e. The fraction of sp³-hybridized carbons (Fsp3) is 0.900. The van der Waals surface area contributed by atoms with Gasteiger partial charge in [0.1, 0.15) is 6.04 Å². The van der Waals surface area contributed by atoms with Crippen LogP contribution < -0.4 is 10.6 Å². The van der Waals surface area contributed by atoms with Crippen LogP contribution >= 0.6 is 0 Å². The van der Waals surface area contributed by atoms with Crippen molar-refractivity contribution in [3.63, 3.8) is 0 Å². The number of ether oxygens (including phenoxy) is 1. The van der Waals surface area contributed by atoms with E-state index in [1.54, 1.807) is 0 Å². The molecule has 1 aliphatic heterocycles. The lowest BCUT2D eigenvalue weighted by Crippen LogP contribution is -2.51. The summed E-state index contributed by atoms with van der Waals surface area (Å²) in [7, 11) is 0. The van der Waals surface area contributed by atoms with Crippen LogP contribution in [0.3, 0.4) is 0 Å². The summed E-state index contributed by atoms with van der Waals surface area (Å²) >= 11 is 0. The highest BCUT2D eigenvalue weighted by atomic mass is 16.5. The van der Waals surface area contributed by atoms with Crippen molar-refractivity contribution in [3.05, 3.63) is 0 Å². The van der Waals surface area contributed by atoms with Gasteiger partial charge in [0, 0.05) is 13.1 Å². The van der Waals surface area contributed by atoms with Crippen LogP contribution in [-0.2, 0) is 9.53 Å². The Morgan fingerprint density at radius 3 is 3.00 bits per heavy atom. The lowest BCUT2D eigenvalue weighted by Gasteiger charge is -2.22. The van der Waals surface area contributed by atoms with Gasteiger partial charge in [0.15, 0.2) is 0 Å². The molecule has 1 saturated heterocycles. The average molecular weight is 198 g/mol. The first-order valence-electron chi connectivity index (χ1n) is 5.45. The molecule has 14 heavy (non-hydrogen) atoms. The second-order valence-corrected chi connectivity index (χ2v) is 4.10. The van der Waals surface area contributed by atoms with E-state index < -0.39 is 0 Å². The number of carbonyl (C=O) groups is 1. The van der Waals surface area contributed by atoms with Crippen LogP contribution in [0.15, 0.2) is 0 Å². The molecule has 4 nitrogen and oxygen atoms in total. The predicted molar refractivity (Wildman–Crippen MR) is 53.0 cm³/mol. The zero-order valence-corrected chi connectivity index (χ0v) is 8.42. The molecule has 1 aliphatic carbocycles. The predicted octanol–water partition coefficient (Wildman–Crippen LogP) is -0.109. The van der Waals surface area contributed by atoms with Gasteiger partial charge in [-0.05, 0) is 12.3 Å². The molecular weight excluding hydrogens is 180 g/mol. The zero-order valence-electron chi connectivity index (χ0n) is 8.42. The molecule has 0 aromatic carbocycles. The number of rotatable bonds is 4. The van der Waals surface area contributed by atoms with E-state index in [0.717, 1.165) is 25.4 Å². The number of morpholine rings is 1. The van der Waals surface area contributed by atoms with E-state index in [2.05, 4.69) is 10.6 Å². The summed E-state index contributed by atoms with van der Waals surface area (Å²) in [5.74, 6) is 0.969. The van der Waals surface area contributed by atoms with Crippen molar-refractivity contribution >= 4 is 5.91 Å². The van der Waals surface area contributed by atoms with Crippen molar-refractivity contribution in [3.8, 4) is 0 Å². The third-order valence-electron chi connectivity index (χ3n) is 2.79.